The first-order valence-corrected chi connectivity index (χ1v) is 8.56. The van der Waals surface area contributed by atoms with Crippen molar-refractivity contribution in [3.63, 3.8) is 0 Å². The summed E-state index contributed by atoms with van der Waals surface area (Å²) in [5.41, 5.74) is -1.58. The predicted molar refractivity (Wildman–Crippen MR) is 87.7 cm³/mol. The van der Waals surface area contributed by atoms with Crippen molar-refractivity contribution in [1.82, 2.24) is 5.32 Å². The first-order chi connectivity index (χ1) is 11.7. The van der Waals surface area contributed by atoms with Gasteiger partial charge in [-0.3, -0.25) is 4.79 Å². The average molecular weight is 395 g/mol. The van der Waals surface area contributed by atoms with Crippen molar-refractivity contribution in [2.45, 2.75) is 11.1 Å². The van der Waals surface area contributed by atoms with E-state index in [0.717, 1.165) is 17.8 Å². The van der Waals surface area contributed by atoms with E-state index < -0.39 is 28.1 Å². The number of carbonyl (C=O) groups is 1. The lowest BCUT2D eigenvalue weighted by atomic mass is 9.90. The van der Waals surface area contributed by atoms with Gasteiger partial charge in [-0.15, -0.1) is 11.8 Å². The number of alkyl halides is 3. The molecule has 10 heteroatoms. The van der Waals surface area contributed by atoms with E-state index >= 15 is 0 Å². The highest BCUT2D eigenvalue weighted by atomic mass is 35.5. The van der Waals surface area contributed by atoms with Crippen molar-refractivity contribution >= 4 is 35.0 Å². The minimum atomic E-state index is -4.70. The molecular weight excluding hydrogens is 381 g/mol. The summed E-state index contributed by atoms with van der Waals surface area (Å²) >= 11 is 7.07. The number of nitrogens with one attached hydrogen (secondary N) is 2. The molecule has 2 heterocycles. The molecule has 2 aliphatic rings. The van der Waals surface area contributed by atoms with Gasteiger partial charge in [0, 0.05) is 11.2 Å². The van der Waals surface area contributed by atoms with E-state index in [4.69, 9.17) is 16.3 Å². The van der Waals surface area contributed by atoms with Gasteiger partial charge in [0.2, 0.25) is 0 Å². The molecule has 0 spiro atoms. The Morgan fingerprint density at radius 1 is 1.40 bits per heavy atom. The van der Waals surface area contributed by atoms with Crippen molar-refractivity contribution in [3.05, 3.63) is 34.6 Å². The smallest absolute Gasteiger partial charge is 0.396 e. The minimum Gasteiger partial charge on any atom is -0.396 e. The van der Waals surface area contributed by atoms with Crippen LogP contribution in [0, 0.1) is 5.41 Å². The van der Waals surface area contributed by atoms with Crippen LogP contribution in [0.15, 0.2) is 23.4 Å². The fraction of sp³-hybridized carbons (Fsp3) is 0.400. The van der Waals surface area contributed by atoms with E-state index in [0.29, 0.717) is 19.0 Å². The summed E-state index contributed by atoms with van der Waals surface area (Å²) in [5.74, 6) is -0.238. The monoisotopic (exact) mass is 394 g/mol. The molecule has 3 rings (SSSR count). The van der Waals surface area contributed by atoms with Crippen LogP contribution >= 0.6 is 23.4 Å². The second-order valence-corrected chi connectivity index (χ2v) is 7.35. The van der Waals surface area contributed by atoms with Crippen LogP contribution in [0.1, 0.15) is 15.9 Å². The molecule has 0 aliphatic carbocycles. The summed E-state index contributed by atoms with van der Waals surface area (Å²) in [4.78, 5) is 12.2. The third-order valence-electron chi connectivity index (χ3n) is 3.99. The standard InChI is InChI=1S/C15H14ClF3N2O3S/c1-7-20-11-8(13(23)21-7)2-9(15(17,18)19)10(16)12(11)25-6-14(3-22)4-24-5-14/h2,20,22H,1,3-6H2,(H,21,23). The maximum atomic E-state index is 13.3. The van der Waals surface area contributed by atoms with Crippen LogP contribution in [0.25, 0.3) is 0 Å². The first-order valence-electron chi connectivity index (χ1n) is 7.19. The normalized spacial score (nSPS) is 18.9. The van der Waals surface area contributed by atoms with Gasteiger partial charge in [-0.1, -0.05) is 18.2 Å². The minimum absolute atomic E-state index is 0.0993. The highest BCUT2D eigenvalue weighted by Gasteiger charge is 2.41. The number of aliphatic hydroxyl groups excluding tert-OH is 1. The van der Waals surface area contributed by atoms with Crippen molar-refractivity contribution in [2.24, 2.45) is 5.41 Å². The predicted octanol–water partition coefficient (Wildman–Crippen LogP) is 3.09. The lowest BCUT2D eigenvalue weighted by Gasteiger charge is -2.39. The van der Waals surface area contributed by atoms with Crippen LogP contribution in [-0.4, -0.2) is 36.6 Å². The van der Waals surface area contributed by atoms with E-state index in [2.05, 4.69) is 17.2 Å². The maximum absolute atomic E-state index is 13.3. The molecule has 0 bridgehead atoms. The number of anilines is 1. The highest BCUT2D eigenvalue weighted by molar-refractivity contribution is 7.99. The zero-order chi connectivity index (χ0) is 18.4. The van der Waals surface area contributed by atoms with Gasteiger partial charge in [0.05, 0.1) is 46.6 Å². The molecule has 0 radical (unpaired) electrons. The fourth-order valence-corrected chi connectivity index (χ4v) is 4.17. The molecule has 1 saturated heterocycles. The molecule has 25 heavy (non-hydrogen) atoms. The zero-order valence-corrected chi connectivity index (χ0v) is 14.4. The molecule has 1 fully saturated rings. The quantitative estimate of drug-likeness (QED) is 0.685. The molecule has 0 saturated carbocycles. The van der Waals surface area contributed by atoms with Crippen LogP contribution in [0.3, 0.4) is 0 Å². The van der Waals surface area contributed by atoms with Gasteiger partial charge in [0.25, 0.3) is 5.91 Å². The van der Waals surface area contributed by atoms with Crippen LogP contribution in [0.5, 0.6) is 0 Å². The second-order valence-electron chi connectivity index (χ2n) is 5.98. The molecule has 5 nitrogen and oxygen atoms in total. The van der Waals surface area contributed by atoms with Gasteiger partial charge in [-0.25, -0.2) is 0 Å². The van der Waals surface area contributed by atoms with Gasteiger partial charge < -0.3 is 20.5 Å². The molecule has 1 amide bonds. The Morgan fingerprint density at radius 3 is 2.60 bits per heavy atom. The molecule has 1 aromatic carbocycles. The average Bonchev–Trinajstić information content (AvgIpc) is 2.46. The summed E-state index contributed by atoms with van der Waals surface area (Å²) in [6.45, 7) is 4.06. The molecule has 0 unspecified atom stereocenters. The van der Waals surface area contributed by atoms with Crippen LogP contribution < -0.4 is 10.6 Å². The number of carbonyl (C=O) groups excluding carboxylic acids is 1. The molecular formula is C15H14ClF3N2O3S. The number of hydrogen-bond donors (Lipinski definition) is 3. The van der Waals surface area contributed by atoms with E-state index in [1.54, 1.807) is 0 Å². The lowest BCUT2D eigenvalue weighted by Crippen LogP contribution is -2.47. The Bertz CT molecular complexity index is 745. The Kier molecular flexibility index (Phi) is 4.69. The number of rotatable bonds is 4. The summed E-state index contributed by atoms with van der Waals surface area (Å²) in [6.07, 6.45) is -4.70. The molecule has 2 aliphatic heterocycles. The van der Waals surface area contributed by atoms with Crippen molar-refractivity contribution in [1.29, 1.82) is 0 Å². The number of aliphatic hydroxyl groups is 1. The summed E-state index contributed by atoms with van der Waals surface area (Å²) in [6, 6.07) is 0.727. The van der Waals surface area contributed by atoms with E-state index in [9.17, 15) is 23.1 Å². The molecule has 0 aromatic heterocycles. The largest absolute Gasteiger partial charge is 0.417 e. The van der Waals surface area contributed by atoms with E-state index in [1.165, 1.54) is 0 Å². The number of thioether (sulfide) groups is 1. The van der Waals surface area contributed by atoms with Gasteiger partial charge in [-0.05, 0) is 6.07 Å². The number of benzene rings is 1. The lowest BCUT2D eigenvalue weighted by molar-refractivity contribution is -0.137. The number of hydrogen-bond acceptors (Lipinski definition) is 5. The third-order valence-corrected chi connectivity index (χ3v) is 5.94. The number of halogens is 4. The van der Waals surface area contributed by atoms with Crippen molar-refractivity contribution < 1.29 is 27.8 Å². The summed E-state index contributed by atoms with van der Waals surface area (Å²) in [7, 11) is 0. The van der Waals surface area contributed by atoms with Crippen LogP contribution in [-0.2, 0) is 10.9 Å². The van der Waals surface area contributed by atoms with Crippen molar-refractivity contribution in [2.75, 3.05) is 30.9 Å². The van der Waals surface area contributed by atoms with Crippen LogP contribution in [0.2, 0.25) is 5.02 Å². The third kappa shape index (κ3) is 3.33. The van der Waals surface area contributed by atoms with Gasteiger partial charge in [0.1, 0.15) is 5.82 Å². The highest BCUT2D eigenvalue weighted by Crippen LogP contribution is 2.47. The maximum Gasteiger partial charge on any atom is 0.417 e. The van der Waals surface area contributed by atoms with E-state index in [1.807, 2.05) is 0 Å². The SMILES string of the molecule is C=C1NC(=O)c2cc(C(F)(F)F)c(Cl)c(SCC3(CO)COC3)c2N1. The van der Waals surface area contributed by atoms with Crippen molar-refractivity contribution in [3.8, 4) is 0 Å². The Balaban J connectivity index is 2.06. The summed E-state index contributed by atoms with van der Waals surface area (Å²) < 4.78 is 45.0. The molecule has 136 valence electrons. The zero-order valence-electron chi connectivity index (χ0n) is 12.8. The van der Waals surface area contributed by atoms with E-state index in [-0.39, 0.29) is 28.6 Å². The molecule has 3 N–H and O–H groups in total. The fourth-order valence-electron chi connectivity index (χ4n) is 2.50. The first kappa shape index (κ1) is 18.4. The van der Waals surface area contributed by atoms with Gasteiger partial charge in [-0.2, -0.15) is 13.2 Å². The number of amides is 1. The number of fused-ring (bicyclic) bond motifs is 1. The van der Waals surface area contributed by atoms with Gasteiger partial charge >= 0.3 is 6.18 Å². The number of ether oxygens (including phenoxy) is 1. The second kappa shape index (κ2) is 6.39. The summed E-state index contributed by atoms with van der Waals surface area (Å²) in [5, 5.41) is 14.1. The Labute approximate surface area is 150 Å². The Morgan fingerprint density at radius 2 is 2.08 bits per heavy atom. The molecule has 0 atom stereocenters. The van der Waals surface area contributed by atoms with Gasteiger partial charge in [0.15, 0.2) is 0 Å². The molecule has 1 aromatic rings. The topological polar surface area (TPSA) is 70.6 Å². The van der Waals surface area contributed by atoms with Crippen LogP contribution in [0.4, 0.5) is 18.9 Å². The Hall–Kier alpha value is -1.42.